The zero-order chi connectivity index (χ0) is 26.4. The van der Waals surface area contributed by atoms with Crippen molar-refractivity contribution in [1.82, 2.24) is 0 Å². The Hall–Kier alpha value is -3.32. The standard InChI is InChI=1S/C32H32O4P2/c33-31(21-25-37(27-13-5-1-6-14-27)28-15-7-2-8-16-28)35-23-24-36-32(34)22-26-38(29-17-9-3-10-18-29)30-19-11-4-12-20-30/h1-20H,21-26H2. The molecule has 0 atom stereocenters. The van der Waals surface area contributed by atoms with Crippen molar-refractivity contribution in [2.24, 2.45) is 0 Å². The van der Waals surface area contributed by atoms with Gasteiger partial charge in [0.15, 0.2) is 0 Å². The Morgan fingerprint density at radius 2 is 0.711 bits per heavy atom. The zero-order valence-corrected chi connectivity index (χ0v) is 23.1. The van der Waals surface area contributed by atoms with E-state index in [-0.39, 0.29) is 25.2 Å². The van der Waals surface area contributed by atoms with Gasteiger partial charge in [0.05, 0.1) is 12.8 Å². The zero-order valence-electron chi connectivity index (χ0n) is 21.3. The van der Waals surface area contributed by atoms with Crippen LogP contribution in [0, 0.1) is 0 Å². The Bertz CT molecular complexity index is 1070. The van der Waals surface area contributed by atoms with Gasteiger partial charge < -0.3 is 9.47 Å². The first kappa shape index (κ1) is 27.7. The highest BCUT2D eigenvalue weighted by atomic mass is 31.1. The number of rotatable bonds is 13. The van der Waals surface area contributed by atoms with Crippen LogP contribution in [-0.4, -0.2) is 37.5 Å². The summed E-state index contributed by atoms with van der Waals surface area (Å²) < 4.78 is 10.8. The predicted molar refractivity (Wildman–Crippen MR) is 159 cm³/mol. The quantitative estimate of drug-likeness (QED) is 0.134. The van der Waals surface area contributed by atoms with E-state index in [0.29, 0.717) is 25.2 Å². The first-order valence-corrected chi connectivity index (χ1v) is 15.8. The van der Waals surface area contributed by atoms with Crippen molar-refractivity contribution < 1.29 is 19.1 Å². The van der Waals surface area contributed by atoms with Crippen LogP contribution in [0.25, 0.3) is 0 Å². The van der Waals surface area contributed by atoms with Crippen molar-refractivity contribution in [3.05, 3.63) is 121 Å². The van der Waals surface area contributed by atoms with Crippen molar-refractivity contribution in [3.8, 4) is 0 Å². The molecule has 0 N–H and O–H groups in total. The summed E-state index contributed by atoms with van der Waals surface area (Å²) in [4.78, 5) is 24.9. The molecule has 0 fully saturated rings. The summed E-state index contributed by atoms with van der Waals surface area (Å²) in [5.41, 5.74) is 0. The van der Waals surface area contributed by atoms with Gasteiger partial charge in [-0.25, -0.2) is 0 Å². The van der Waals surface area contributed by atoms with Gasteiger partial charge in [0.1, 0.15) is 13.2 Å². The highest BCUT2D eigenvalue weighted by Gasteiger charge is 2.17. The topological polar surface area (TPSA) is 52.6 Å². The van der Waals surface area contributed by atoms with Gasteiger partial charge in [-0.2, -0.15) is 0 Å². The van der Waals surface area contributed by atoms with Crippen molar-refractivity contribution in [2.45, 2.75) is 12.8 Å². The number of ether oxygens (including phenoxy) is 2. The molecule has 0 saturated heterocycles. The summed E-state index contributed by atoms with van der Waals surface area (Å²) in [6.45, 7) is 0.149. The maximum Gasteiger partial charge on any atom is 0.306 e. The van der Waals surface area contributed by atoms with Crippen LogP contribution in [0.1, 0.15) is 12.8 Å². The van der Waals surface area contributed by atoms with E-state index in [1.54, 1.807) is 0 Å². The predicted octanol–water partition coefficient (Wildman–Crippen LogP) is 5.12. The molecule has 4 aromatic carbocycles. The van der Waals surface area contributed by atoms with Crippen molar-refractivity contribution >= 4 is 49.0 Å². The minimum Gasteiger partial charge on any atom is -0.462 e. The molecular weight excluding hydrogens is 510 g/mol. The summed E-state index contributed by atoms with van der Waals surface area (Å²) in [5, 5.41) is 4.95. The number of hydrogen-bond acceptors (Lipinski definition) is 4. The third kappa shape index (κ3) is 8.62. The molecule has 4 aromatic rings. The van der Waals surface area contributed by atoms with Gasteiger partial charge >= 0.3 is 11.9 Å². The molecule has 0 aliphatic carbocycles. The van der Waals surface area contributed by atoms with E-state index in [2.05, 4.69) is 48.5 Å². The van der Waals surface area contributed by atoms with Crippen molar-refractivity contribution in [3.63, 3.8) is 0 Å². The molecule has 0 aromatic heterocycles. The lowest BCUT2D eigenvalue weighted by molar-refractivity contribution is -0.151. The summed E-state index contributed by atoms with van der Waals surface area (Å²) in [7, 11) is -1.29. The number of carbonyl (C=O) groups is 2. The first-order chi connectivity index (χ1) is 18.7. The second-order valence-corrected chi connectivity index (χ2v) is 13.3. The molecule has 0 heterocycles. The van der Waals surface area contributed by atoms with E-state index in [9.17, 15) is 9.59 Å². The highest BCUT2D eigenvalue weighted by Crippen LogP contribution is 2.35. The van der Waals surface area contributed by atoms with Crippen LogP contribution >= 0.6 is 15.8 Å². The Balaban J connectivity index is 1.20. The van der Waals surface area contributed by atoms with Gasteiger partial charge in [0.2, 0.25) is 0 Å². The smallest absolute Gasteiger partial charge is 0.306 e. The lowest BCUT2D eigenvalue weighted by Crippen LogP contribution is -2.19. The Labute approximate surface area is 227 Å². The number of carbonyl (C=O) groups excluding carboxylic acids is 2. The molecule has 0 bridgehead atoms. The Morgan fingerprint density at radius 1 is 0.447 bits per heavy atom. The minimum absolute atomic E-state index is 0.0747. The lowest BCUT2D eigenvalue weighted by atomic mass is 10.4. The van der Waals surface area contributed by atoms with E-state index in [1.165, 1.54) is 21.2 Å². The Morgan fingerprint density at radius 3 is 0.974 bits per heavy atom. The molecule has 38 heavy (non-hydrogen) atoms. The molecule has 0 aliphatic heterocycles. The van der Waals surface area contributed by atoms with E-state index in [1.807, 2.05) is 72.8 Å². The van der Waals surface area contributed by atoms with Gasteiger partial charge in [0, 0.05) is 0 Å². The SMILES string of the molecule is O=C(CCP(c1ccccc1)c1ccccc1)OCCOC(=O)CCP(c1ccccc1)c1ccccc1. The maximum atomic E-state index is 12.4. The molecule has 0 amide bonds. The monoisotopic (exact) mass is 542 g/mol. The summed E-state index contributed by atoms with van der Waals surface area (Å²) in [6, 6.07) is 41.2. The average molecular weight is 543 g/mol. The van der Waals surface area contributed by atoms with Gasteiger partial charge in [0.25, 0.3) is 0 Å². The van der Waals surface area contributed by atoms with E-state index < -0.39 is 15.8 Å². The second-order valence-electron chi connectivity index (χ2n) is 8.59. The summed E-state index contributed by atoms with van der Waals surface area (Å²) in [6.07, 6.45) is 2.07. The number of esters is 2. The van der Waals surface area contributed by atoms with Gasteiger partial charge in [-0.15, -0.1) is 0 Å². The lowest BCUT2D eigenvalue weighted by Gasteiger charge is -2.18. The van der Waals surface area contributed by atoms with Crippen LogP contribution in [0.3, 0.4) is 0 Å². The third-order valence-electron chi connectivity index (χ3n) is 5.96. The van der Waals surface area contributed by atoms with Crippen LogP contribution in [0.5, 0.6) is 0 Å². The summed E-state index contributed by atoms with van der Waals surface area (Å²) in [5.74, 6) is -0.533. The number of hydrogen-bond donors (Lipinski definition) is 0. The molecule has 6 heteroatoms. The van der Waals surface area contributed by atoms with Crippen LogP contribution in [0.15, 0.2) is 121 Å². The van der Waals surface area contributed by atoms with E-state index >= 15 is 0 Å². The fraction of sp³-hybridized carbons (Fsp3) is 0.188. The molecular formula is C32H32O4P2. The van der Waals surface area contributed by atoms with Crippen LogP contribution in [0.4, 0.5) is 0 Å². The minimum atomic E-state index is -0.647. The first-order valence-electron chi connectivity index (χ1n) is 12.8. The fourth-order valence-corrected chi connectivity index (χ4v) is 8.68. The van der Waals surface area contributed by atoms with Crippen molar-refractivity contribution in [1.29, 1.82) is 0 Å². The molecule has 0 unspecified atom stereocenters. The van der Waals surface area contributed by atoms with Crippen molar-refractivity contribution in [2.75, 3.05) is 25.5 Å². The summed E-state index contributed by atoms with van der Waals surface area (Å²) >= 11 is 0. The van der Waals surface area contributed by atoms with Gasteiger partial charge in [-0.1, -0.05) is 121 Å². The number of benzene rings is 4. The normalized spacial score (nSPS) is 10.9. The van der Waals surface area contributed by atoms with Gasteiger partial charge in [-0.05, 0) is 49.4 Å². The van der Waals surface area contributed by atoms with Crippen LogP contribution < -0.4 is 21.2 Å². The Kier molecular flexibility index (Phi) is 11.1. The van der Waals surface area contributed by atoms with Crippen LogP contribution in [0.2, 0.25) is 0 Å². The molecule has 4 rings (SSSR count). The molecule has 0 saturated carbocycles. The average Bonchev–Trinajstić information content (AvgIpc) is 2.98. The van der Waals surface area contributed by atoms with Crippen LogP contribution in [-0.2, 0) is 19.1 Å². The highest BCUT2D eigenvalue weighted by molar-refractivity contribution is 7.73. The largest absolute Gasteiger partial charge is 0.462 e. The second kappa shape index (κ2) is 15.2. The molecule has 194 valence electrons. The fourth-order valence-electron chi connectivity index (χ4n) is 4.11. The molecule has 4 nitrogen and oxygen atoms in total. The van der Waals surface area contributed by atoms with E-state index in [4.69, 9.17) is 9.47 Å². The maximum absolute atomic E-state index is 12.4. The van der Waals surface area contributed by atoms with Gasteiger partial charge in [-0.3, -0.25) is 9.59 Å². The van der Waals surface area contributed by atoms with E-state index in [0.717, 1.165) is 0 Å². The molecule has 0 spiro atoms. The molecule has 0 radical (unpaired) electrons. The molecule has 0 aliphatic rings. The third-order valence-corrected chi connectivity index (χ3v) is 11.0.